The molecule has 7 nitrogen and oxygen atoms in total. The molecule has 0 heterocycles. The summed E-state index contributed by atoms with van der Waals surface area (Å²) >= 11 is 0. The Bertz CT molecular complexity index is 476. The lowest BCUT2D eigenvalue weighted by Crippen LogP contribution is -2.22. The van der Waals surface area contributed by atoms with Gasteiger partial charge in [-0.05, 0) is 32.6 Å². The number of rotatable bonds is 7. The van der Waals surface area contributed by atoms with Gasteiger partial charge in [0.15, 0.2) is 0 Å². The lowest BCUT2D eigenvalue weighted by Gasteiger charge is -2.16. The Hall–Kier alpha value is -1.99. The van der Waals surface area contributed by atoms with Crippen molar-refractivity contribution >= 4 is 11.6 Å². The Morgan fingerprint density at radius 3 is 2.68 bits per heavy atom. The Balaban J connectivity index is 2.94. The van der Waals surface area contributed by atoms with Gasteiger partial charge in [-0.15, -0.1) is 0 Å². The van der Waals surface area contributed by atoms with Gasteiger partial charge in [-0.1, -0.05) is 6.07 Å². The van der Waals surface area contributed by atoms with E-state index in [0.29, 0.717) is 18.7 Å². The van der Waals surface area contributed by atoms with Crippen molar-refractivity contribution in [1.29, 1.82) is 0 Å². The van der Waals surface area contributed by atoms with E-state index in [1.54, 1.807) is 6.07 Å². The maximum Gasteiger partial charge on any atom is 0.274 e. The third-order valence-electron chi connectivity index (χ3n) is 2.75. The van der Waals surface area contributed by atoms with Gasteiger partial charge in [-0.3, -0.25) is 14.9 Å². The zero-order valence-electron chi connectivity index (χ0n) is 10.8. The lowest BCUT2D eigenvalue weighted by atomic mass is 10.1. The fourth-order valence-electron chi connectivity index (χ4n) is 1.75. The van der Waals surface area contributed by atoms with Gasteiger partial charge in [0.1, 0.15) is 0 Å². The first kappa shape index (κ1) is 15.1. The molecule has 1 aromatic rings. The molecule has 0 bridgehead atoms. The van der Waals surface area contributed by atoms with Crippen LogP contribution in [-0.2, 0) is 6.54 Å². The van der Waals surface area contributed by atoms with E-state index in [2.05, 4.69) is 0 Å². The fraction of sp³-hybridized carbons (Fsp3) is 0.417. The molecule has 1 amide bonds. The molecule has 4 N–H and O–H groups in total. The molecule has 0 radical (unpaired) electrons. The summed E-state index contributed by atoms with van der Waals surface area (Å²) in [4.78, 5) is 23.5. The highest BCUT2D eigenvalue weighted by Gasteiger charge is 2.17. The lowest BCUT2D eigenvalue weighted by molar-refractivity contribution is -0.385. The summed E-state index contributed by atoms with van der Waals surface area (Å²) < 4.78 is 0. The fourth-order valence-corrected chi connectivity index (χ4v) is 1.75. The van der Waals surface area contributed by atoms with Crippen LogP contribution in [0.2, 0.25) is 0 Å². The van der Waals surface area contributed by atoms with Gasteiger partial charge in [-0.2, -0.15) is 0 Å². The van der Waals surface area contributed by atoms with Crippen molar-refractivity contribution in [1.82, 2.24) is 4.90 Å². The van der Waals surface area contributed by atoms with E-state index < -0.39 is 10.8 Å². The van der Waals surface area contributed by atoms with Crippen LogP contribution < -0.4 is 11.5 Å². The van der Waals surface area contributed by atoms with Gasteiger partial charge in [0, 0.05) is 23.7 Å². The van der Waals surface area contributed by atoms with Gasteiger partial charge in [0.05, 0.1) is 4.92 Å². The number of amides is 1. The number of benzene rings is 1. The second-order valence-electron chi connectivity index (χ2n) is 4.34. The molecule has 0 spiro atoms. The zero-order valence-corrected chi connectivity index (χ0v) is 10.8. The van der Waals surface area contributed by atoms with Crippen LogP contribution in [-0.4, -0.2) is 35.9 Å². The number of hydrogen-bond donors (Lipinski definition) is 2. The van der Waals surface area contributed by atoms with Crippen LogP contribution in [0, 0.1) is 10.1 Å². The van der Waals surface area contributed by atoms with Crippen LogP contribution in [0.15, 0.2) is 18.2 Å². The molecule has 0 aliphatic carbocycles. The average Bonchev–Trinajstić information content (AvgIpc) is 2.36. The largest absolute Gasteiger partial charge is 0.366 e. The number of hydrogen-bond acceptors (Lipinski definition) is 5. The summed E-state index contributed by atoms with van der Waals surface area (Å²) in [6.45, 7) is 1.76. The molecule has 0 unspecified atom stereocenters. The first-order valence-electron chi connectivity index (χ1n) is 5.91. The van der Waals surface area contributed by atoms with Crippen molar-refractivity contribution in [3.8, 4) is 0 Å². The molecule has 7 heteroatoms. The van der Waals surface area contributed by atoms with Gasteiger partial charge in [-0.25, -0.2) is 0 Å². The van der Waals surface area contributed by atoms with E-state index in [1.807, 2.05) is 11.9 Å². The number of primary amides is 1. The predicted molar refractivity (Wildman–Crippen MR) is 71.6 cm³/mol. The molecule has 1 rings (SSSR count). The summed E-state index contributed by atoms with van der Waals surface area (Å²) in [6.07, 6.45) is 0.823. The van der Waals surface area contributed by atoms with Crippen LogP contribution in [0.1, 0.15) is 22.3 Å². The molecule has 0 saturated carbocycles. The third-order valence-corrected chi connectivity index (χ3v) is 2.75. The van der Waals surface area contributed by atoms with Crippen molar-refractivity contribution in [3.05, 3.63) is 39.4 Å². The topological polar surface area (TPSA) is 115 Å². The molecule has 104 valence electrons. The molecule has 0 saturated heterocycles. The highest BCUT2D eigenvalue weighted by Crippen LogP contribution is 2.21. The predicted octanol–water partition coefficient (Wildman–Crippen LogP) is 0.474. The quantitative estimate of drug-likeness (QED) is 0.550. The Kier molecular flexibility index (Phi) is 5.40. The normalized spacial score (nSPS) is 10.7. The standard InChI is InChI=1S/C12H18N4O3/c1-15(6-2-5-13)8-10-4-3-9(12(14)17)7-11(10)16(18)19/h3-4,7H,2,5-6,8,13H2,1H3,(H2,14,17). The summed E-state index contributed by atoms with van der Waals surface area (Å²) in [5.41, 5.74) is 11.1. The second-order valence-corrected chi connectivity index (χ2v) is 4.34. The first-order chi connectivity index (χ1) is 8.95. The number of nitrogens with two attached hydrogens (primary N) is 2. The minimum atomic E-state index is -0.675. The highest BCUT2D eigenvalue weighted by atomic mass is 16.6. The van der Waals surface area contributed by atoms with E-state index in [9.17, 15) is 14.9 Å². The second kappa shape index (κ2) is 6.81. The molecule has 0 aromatic heterocycles. The smallest absolute Gasteiger partial charge is 0.274 e. The highest BCUT2D eigenvalue weighted by molar-refractivity contribution is 5.93. The first-order valence-corrected chi connectivity index (χ1v) is 5.91. The number of nitro groups is 1. The monoisotopic (exact) mass is 266 g/mol. The van der Waals surface area contributed by atoms with Gasteiger partial charge < -0.3 is 16.4 Å². The van der Waals surface area contributed by atoms with Crippen LogP contribution >= 0.6 is 0 Å². The molecular formula is C12H18N4O3. The molecule has 1 aromatic carbocycles. The van der Waals surface area contributed by atoms with Gasteiger partial charge in [0.2, 0.25) is 5.91 Å². The van der Waals surface area contributed by atoms with Crippen molar-refractivity contribution in [2.45, 2.75) is 13.0 Å². The Morgan fingerprint density at radius 1 is 1.47 bits per heavy atom. The van der Waals surface area contributed by atoms with Gasteiger partial charge in [0.25, 0.3) is 5.69 Å². The van der Waals surface area contributed by atoms with E-state index in [-0.39, 0.29) is 11.3 Å². The SMILES string of the molecule is CN(CCCN)Cc1ccc(C(N)=O)cc1[N+](=O)[O-]. The summed E-state index contributed by atoms with van der Waals surface area (Å²) in [6, 6.07) is 4.28. The molecule has 0 aliphatic heterocycles. The number of carbonyl (C=O) groups is 1. The summed E-state index contributed by atoms with van der Waals surface area (Å²) in [5.74, 6) is -0.675. The third kappa shape index (κ3) is 4.31. The Morgan fingerprint density at radius 2 is 2.16 bits per heavy atom. The van der Waals surface area contributed by atoms with Crippen LogP contribution in [0.5, 0.6) is 0 Å². The number of nitrogens with zero attached hydrogens (tertiary/aromatic N) is 2. The van der Waals surface area contributed by atoms with Crippen LogP contribution in [0.4, 0.5) is 5.69 Å². The van der Waals surface area contributed by atoms with Gasteiger partial charge >= 0.3 is 0 Å². The minimum Gasteiger partial charge on any atom is -0.366 e. The molecule has 0 aliphatic rings. The number of nitro benzene ring substituents is 1. The van der Waals surface area contributed by atoms with E-state index in [0.717, 1.165) is 13.0 Å². The van der Waals surface area contributed by atoms with Crippen molar-refractivity contribution in [2.24, 2.45) is 11.5 Å². The number of carbonyl (C=O) groups excluding carboxylic acids is 1. The van der Waals surface area contributed by atoms with Crippen molar-refractivity contribution < 1.29 is 9.72 Å². The molecule has 19 heavy (non-hydrogen) atoms. The maximum absolute atomic E-state index is 11.0. The summed E-state index contributed by atoms with van der Waals surface area (Å²) in [7, 11) is 1.86. The van der Waals surface area contributed by atoms with Crippen LogP contribution in [0.3, 0.4) is 0 Å². The average molecular weight is 266 g/mol. The van der Waals surface area contributed by atoms with Crippen molar-refractivity contribution in [2.75, 3.05) is 20.1 Å². The molecule has 0 atom stereocenters. The van der Waals surface area contributed by atoms with Crippen LogP contribution in [0.25, 0.3) is 0 Å². The van der Waals surface area contributed by atoms with E-state index in [4.69, 9.17) is 11.5 Å². The van der Waals surface area contributed by atoms with E-state index >= 15 is 0 Å². The van der Waals surface area contributed by atoms with Crippen molar-refractivity contribution in [3.63, 3.8) is 0 Å². The summed E-state index contributed by atoms with van der Waals surface area (Å²) in [5, 5.41) is 11.0. The zero-order chi connectivity index (χ0) is 14.4. The molecule has 0 fully saturated rings. The minimum absolute atomic E-state index is 0.0871. The Labute approximate surface area is 111 Å². The molecular weight excluding hydrogens is 248 g/mol. The maximum atomic E-state index is 11.0. The van der Waals surface area contributed by atoms with E-state index in [1.165, 1.54) is 12.1 Å².